The van der Waals surface area contributed by atoms with E-state index in [4.69, 9.17) is 9.47 Å². The number of esters is 2. The molecule has 0 N–H and O–H groups in total. The smallest absolute Gasteiger partial charge is 0.311 e. The van der Waals surface area contributed by atoms with Crippen LogP contribution < -0.4 is 0 Å². The van der Waals surface area contributed by atoms with Crippen LogP contribution in [0.25, 0.3) is 0 Å². The molecule has 0 amide bonds. The van der Waals surface area contributed by atoms with Gasteiger partial charge in [0.2, 0.25) is 0 Å². The first-order valence-electron chi connectivity index (χ1n) is 22.8. The van der Waals surface area contributed by atoms with E-state index in [1.165, 1.54) is 109 Å². The summed E-state index contributed by atoms with van der Waals surface area (Å²) < 4.78 is 12.0. The molecule has 2 atom stereocenters. The monoisotopic (exact) mass is 746 g/mol. The first-order valence-corrected chi connectivity index (χ1v) is 22.8. The zero-order valence-electron chi connectivity index (χ0n) is 37.2. The molecular weight excluding hydrogens is 655 g/mol. The van der Waals surface area contributed by atoms with Gasteiger partial charge in [0.25, 0.3) is 0 Å². The van der Waals surface area contributed by atoms with E-state index in [0.29, 0.717) is 18.9 Å². The van der Waals surface area contributed by atoms with Crippen LogP contribution in [-0.2, 0) is 19.1 Å². The molecule has 5 nitrogen and oxygen atoms in total. The molecule has 0 spiro atoms. The van der Waals surface area contributed by atoms with Gasteiger partial charge in [-0.1, -0.05) is 137 Å². The highest BCUT2D eigenvalue weighted by Crippen LogP contribution is 2.29. The minimum absolute atomic E-state index is 0.0114. The van der Waals surface area contributed by atoms with Gasteiger partial charge in [-0.3, -0.25) is 9.59 Å². The van der Waals surface area contributed by atoms with Gasteiger partial charge in [0.15, 0.2) is 0 Å². The average Bonchev–Trinajstić information content (AvgIpc) is 3.10. The fourth-order valence-electron chi connectivity index (χ4n) is 7.13. The van der Waals surface area contributed by atoms with Gasteiger partial charge in [0, 0.05) is 19.3 Å². The van der Waals surface area contributed by atoms with Gasteiger partial charge in [-0.2, -0.15) is 0 Å². The van der Waals surface area contributed by atoms with Gasteiger partial charge in [-0.25, -0.2) is 0 Å². The van der Waals surface area contributed by atoms with Crippen molar-refractivity contribution in [3.63, 3.8) is 0 Å². The summed E-state index contributed by atoms with van der Waals surface area (Å²) in [5.41, 5.74) is -0.223. The molecule has 312 valence electrons. The molecule has 53 heavy (non-hydrogen) atoms. The lowest BCUT2D eigenvalue weighted by Gasteiger charge is -2.25. The number of nitrogens with zero attached hydrogens (tertiary/aromatic N) is 1. The van der Waals surface area contributed by atoms with Crippen molar-refractivity contribution < 1.29 is 19.1 Å². The van der Waals surface area contributed by atoms with Gasteiger partial charge >= 0.3 is 11.9 Å². The second-order valence-electron chi connectivity index (χ2n) is 18.1. The lowest BCUT2D eigenvalue weighted by Crippen LogP contribution is -2.28. The second kappa shape index (κ2) is 33.8. The standard InChI is InChI=1S/C48H91NO4/c1-10-13-16-18-19-20-22-29-38-47(4,5)39-30-23-27-35-44(53-45(50)37-32-41-49(8)9)36-28-24-31-40-48(6,7)46(51)52-42-43(33-25-15-12-3)34-26-21-17-14-11-2/h43-44H,10-21,23-28,30-42H2,1-9H3. The molecular formula is C48H91NO4. The third-order valence-electron chi connectivity index (χ3n) is 11.0. The molecule has 5 heteroatoms. The van der Waals surface area contributed by atoms with Crippen LogP contribution in [0.4, 0.5) is 0 Å². The van der Waals surface area contributed by atoms with Crippen molar-refractivity contribution in [2.24, 2.45) is 16.7 Å². The number of ether oxygens (including phenoxy) is 2. The summed E-state index contributed by atoms with van der Waals surface area (Å²) in [7, 11) is 4.08. The molecule has 0 rings (SSSR count). The van der Waals surface area contributed by atoms with E-state index in [1.54, 1.807) is 0 Å². The molecule has 0 aromatic rings. The quantitative estimate of drug-likeness (QED) is 0.0363. The molecule has 2 unspecified atom stereocenters. The fourth-order valence-corrected chi connectivity index (χ4v) is 7.13. The Morgan fingerprint density at radius 1 is 0.604 bits per heavy atom. The minimum atomic E-state index is -0.471. The summed E-state index contributed by atoms with van der Waals surface area (Å²) in [6, 6.07) is 0. The fraction of sp³-hybridized carbons (Fsp3) is 0.917. The predicted molar refractivity (Wildman–Crippen MR) is 229 cm³/mol. The maximum absolute atomic E-state index is 13.2. The van der Waals surface area contributed by atoms with Crippen molar-refractivity contribution in [1.82, 2.24) is 4.90 Å². The van der Waals surface area contributed by atoms with E-state index >= 15 is 0 Å². The Balaban J connectivity index is 4.74. The van der Waals surface area contributed by atoms with Crippen molar-refractivity contribution in [3.05, 3.63) is 0 Å². The van der Waals surface area contributed by atoms with Crippen molar-refractivity contribution in [3.8, 4) is 11.8 Å². The molecule has 0 heterocycles. The zero-order valence-corrected chi connectivity index (χ0v) is 37.2. The van der Waals surface area contributed by atoms with Gasteiger partial charge in [0.1, 0.15) is 6.10 Å². The van der Waals surface area contributed by atoms with Crippen LogP contribution in [-0.4, -0.2) is 50.2 Å². The van der Waals surface area contributed by atoms with Crippen LogP contribution in [0.5, 0.6) is 0 Å². The van der Waals surface area contributed by atoms with Crippen LogP contribution in [0.15, 0.2) is 0 Å². The molecule has 0 bridgehead atoms. The number of hydrogen-bond acceptors (Lipinski definition) is 5. The number of rotatable bonds is 36. The van der Waals surface area contributed by atoms with E-state index in [0.717, 1.165) is 77.2 Å². The lowest BCUT2D eigenvalue weighted by molar-refractivity contribution is -0.156. The Labute approximate surface area is 331 Å². The van der Waals surface area contributed by atoms with E-state index in [1.807, 2.05) is 27.9 Å². The molecule has 0 aliphatic heterocycles. The first kappa shape index (κ1) is 51.5. The maximum atomic E-state index is 13.2. The zero-order chi connectivity index (χ0) is 39.6. The summed E-state index contributed by atoms with van der Waals surface area (Å²) in [5, 5.41) is 0. The summed E-state index contributed by atoms with van der Waals surface area (Å²) >= 11 is 0. The molecule has 0 aromatic heterocycles. The summed E-state index contributed by atoms with van der Waals surface area (Å²) in [5.74, 6) is 7.28. The van der Waals surface area contributed by atoms with Gasteiger partial charge < -0.3 is 14.4 Å². The van der Waals surface area contributed by atoms with Crippen molar-refractivity contribution in [2.45, 2.75) is 241 Å². The molecule has 0 saturated carbocycles. The van der Waals surface area contributed by atoms with E-state index in [9.17, 15) is 9.59 Å². The van der Waals surface area contributed by atoms with Crippen LogP contribution in [0.2, 0.25) is 0 Å². The molecule has 0 aliphatic rings. The topological polar surface area (TPSA) is 55.8 Å². The third-order valence-corrected chi connectivity index (χ3v) is 11.0. The number of hydrogen-bond donors (Lipinski definition) is 0. The highest BCUT2D eigenvalue weighted by Gasteiger charge is 2.29. The number of unbranched alkanes of at least 4 members (excludes halogenated alkanes) is 15. The van der Waals surface area contributed by atoms with Gasteiger partial charge in [-0.05, 0) is 110 Å². The Bertz CT molecular complexity index is 930. The van der Waals surface area contributed by atoms with Gasteiger partial charge in [0.05, 0.1) is 12.0 Å². The maximum Gasteiger partial charge on any atom is 0.311 e. The second-order valence-corrected chi connectivity index (χ2v) is 18.1. The van der Waals surface area contributed by atoms with Crippen LogP contribution in [0, 0.1) is 28.6 Å². The van der Waals surface area contributed by atoms with E-state index < -0.39 is 5.41 Å². The van der Waals surface area contributed by atoms with E-state index in [-0.39, 0.29) is 23.5 Å². The highest BCUT2D eigenvalue weighted by molar-refractivity contribution is 5.75. The summed E-state index contributed by atoms with van der Waals surface area (Å²) in [4.78, 5) is 28.1. The largest absolute Gasteiger partial charge is 0.465 e. The molecule has 0 saturated heterocycles. The molecule has 0 aliphatic carbocycles. The normalized spacial score (nSPS) is 13.1. The van der Waals surface area contributed by atoms with E-state index in [2.05, 4.69) is 51.4 Å². The molecule has 0 aromatic carbocycles. The summed E-state index contributed by atoms with van der Waals surface area (Å²) in [6.07, 6.45) is 32.7. The lowest BCUT2D eigenvalue weighted by atomic mass is 9.83. The van der Waals surface area contributed by atoms with Crippen molar-refractivity contribution in [1.29, 1.82) is 0 Å². The average molecular weight is 746 g/mol. The first-order chi connectivity index (χ1) is 25.4. The van der Waals surface area contributed by atoms with Crippen LogP contribution >= 0.6 is 0 Å². The predicted octanol–water partition coefficient (Wildman–Crippen LogP) is 14.0. The minimum Gasteiger partial charge on any atom is -0.465 e. The molecule has 0 radical (unpaired) electrons. The number of carbonyl (C=O) groups excluding carboxylic acids is 2. The van der Waals surface area contributed by atoms with Crippen LogP contribution in [0.3, 0.4) is 0 Å². The number of carbonyl (C=O) groups is 2. The van der Waals surface area contributed by atoms with Crippen molar-refractivity contribution in [2.75, 3.05) is 27.2 Å². The Kier molecular flexibility index (Phi) is 32.8. The Morgan fingerprint density at radius 3 is 1.72 bits per heavy atom. The Hall–Kier alpha value is -1.54. The van der Waals surface area contributed by atoms with Crippen LogP contribution in [0.1, 0.15) is 235 Å². The van der Waals surface area contributed by atoms with Gasteiger partial charge in [-0.15, -0.1) is 11.8 Å². The molecule has 0 fully saturated rings. The third kappa shape index (κ3) is 32.4. The highest BCUT2D eigenvalue weighted by atomic mass is 16.5. The summed E-state index contributed by atoms with van der Waals surface area (Å²) in [6.45, 7) is 17.0. The SMILES string of the molecule is CCCCCCCC#CCC(C)(C)CCCCCC(CCCCCC(C)(C)C(=O)OCC(CCCCC)CCCCCCC)OC(=O)CCCN(C)C. The van der Waals surface area contributed by atoms with Crippen molar-refractivity contribution >= 4 is 11.9 Å². The Morgan fingerprint density at radius 2 is 1.11 bits per heavy atom.